The smallest absolute Gasteiger partial charge is 0.163 e. The number of hydrogen-bond donors (Lipinski definition) is 0. The molecule has 1 aliphatic rings. The van der Waals surface area contributed by atoms with Crippen molar-refractivity contribution in [3.63, 3.8) is 0 Å². The van der Waals surface area contributed by atoms with Gasteiger partial charge < -0.3 is 9.13 Å². The van der Waals surface area contributed by atoms with E-state index in [0.29, 0.717) is 11.4 Å². The third-order valence-corrected chi connectivity index (χ3v) is 14.0. The van der Waals surface area contributed by atoms with Crippen molar-refractivity contribution in [2.45, 2.75) is 19.3 Å². The molecule has 1 atom stereocenters. The molecule has 8 aromatic carbocycles. The van der Waals surface area contributed by atoms with Gasteiger partial charge in [0, 0.05) is 77.9 Å². The lowest BCUT2D eigenvalue weighted by molar-refractivity contribution is 0.718. The summed E-state index contributed by atoms with van der Waals surface area (Å²) in [7, 11) is 0. The van der Waals surface area contributed by atoms with Gasteiger partial charge in [0.15, 0.2) is 5.82 Å². The summed E-state index contributed by atoms with van der Waals surface area (Å²) in [5.41, 5.74) is 13.8. The molecule has 0 bridgehead atoms. The Morgan fingerprint density at radius 1 is 0.448 bits per heavy atom. The zero-order chi connectivity index (χ0) is 44.3. The topological polar surface area (TPSA) is 69.3 Å². The van der Waals surface area contributed by atoms with Gasteiger partial charge in [0.2, 0.25) is 0 Å². The number of nitrogens with zero attached hydrogens (tertiary/aromatic N) is 7. The molecule has 67 heavy (non-hydrogen) atoms. The van der Waals surface area contributed by atoms with Crippen LogP contribution in [0.25, 0.3) is 117 Å². The summed E-state index contributed by atoms with van der Waals surface area (Å²) < 4.78 is 9.42. The van der Waals surface area contributed by atoms with Crippen LogP contribution in [0.4, 0.5) is 0 Å². The van der Waals surface area contributed by atoms with Gasteiger partial charge in [-0.1, -0.05) is 122 Å². The summed E-state index contributed by atoms with van der Waals surface area (Å²) in [6, 6.07) is 69.0. The van der Waals surface area contributed by atoms with Crippen LogP contribution in [0, 0.1) is 11.3 Å². The molecule has 13 aromatic rings. The van der Waals surface area contributed by atoms with Crippen LogP contribution in [0.15, 0.2) is 194 Å². The standard InChI is InChI=1S/C60H39N7/c1-37-14-12-22-47-49-34-41(65-52-25-9-4-19-44(52)45-20-5-10-26-53(45)65)29-31-56(49)67(59(37)47)58-35-57(62-60(63-58)39-16-13-15-38(32-39)36-61)66-54-27-11-6-21-46(54)48-33-40(28-30-55(48)66)64-50-23-7-2-17-42(50)43-18-3-8-24-51(43)64/h2-13,15-35,37H,14H2,1H3/t37-/m1/s1. The minimum absolute atomic E-state index is 0.223. The molecule has 314 valence electrons. The van der Waals surface area contributed by atoms with E-state index in [2.05, 4.69) is 207 Å². The molecule has 7 nitrogen and oxygen atoms in total. The van der Waals surface area contributed by atoms with Crippen molar-refractivity contribution >= 4 is 82.4 Å². The number of fused-ring (bicyclic) bond motifs is 12. The minimum Gasteiger partial charge on any atom is -0.309 e. The lowest BCUT2D eigenvalue weighted by Gasteiger charge is -2.20. The van der Waals surface area contributed by atoms with Crippen LogP contribution in [0.5, 0.6) is 0 Å². The van der Waals surface area contributed by atoms with E-state index in [1.54, 1.807) is 0 Å². The van der Waals surface area contributed by atoms with Gasteiger partial charge >= 0.3 is 0 Å². The van der Waals surface area contributed by atoms with Gasteiger partial charge in [0.25, 0.3) is 0 Å². The van der Waals surface area contributed by atoms with Crippen molar-refractivity contribution in [1.82, 2.24) is 28.2 Å². The third kappa shape index (κ3) is 5.44. The van der Waals surface area contributed by atoms with Gasteiger partial charge in [0.1, 0.15) is 11.6 Å². The van der Waals surface area contributed by atoms with Gasteiger partial charge in [-0.05, 0) is 85.3 Å². The number of aromatic nitrogens is 6. The second-order valence-corrected chi connectivity index (χ2v) is 17.8. The molecule has 0 spiro atoms. The first kappa shape index (κ1) is 37.4. The summed E-state index contributed by atoms with van der Waals surface area (Å²) in [5.74, 6) is 2.29. The van der Waals surface area contributed by atoms with Crippen molar-refractivity contribution in [3.8, 4) is 40.5 Å². The highest BCUT2D eigenvalue weighted by atomic mass is 15.2. The highest BCUT2D eigenvalue weighted by Gasteiger charge is 2.27. The first-order valence-electron chi connectivity index (χ1n) is 22.9. The summed E-state index contributed by atoms with van der Waals surface area (Å²) >= 11 is 0. The van der Waals surface area contributed by atoms with Crippen LogP contribution >= 0.6 is 0 Å². The Labute approximate surface area is 384 Å². The normalized spacial score (nSPS) is 13.8. The molecule has 1 aliphatic carbocycles. The van der Waals surface area contributed by atoms with E-state index >= 15 is 0 Å². The van der Waals surface area contributed by atoms with Crippen molar-refractivity contribution in [2.75, 3.05) is 0 Å². The molecule has 0 radical (unpaired) electrons. The Kier molecular flexibility index (Phi) is 7.96. The summed E-state index contributed by atoms with van der Waals surface area (Å²) in [4.78, 5) is 10.8. The number of allylic oxidation sites excluding steroid dienone is 1. The van der Waals surface area contributed by atoms with E-state index in [-0.39, 0.29) is 5.92 Å². The molecule has 0 unspecified atom stereocenters. The predicted octanol–water partition coefficient (Wildman–Crippen LogP) is 14.8. The average molecular weight is 858 g/mol. The van der Waals surface area contributed by atoms with Crippen molar-refractivity contribution in [2.24, 2.45) is 0 Å². The lowest BCUT2D eigenvalue weighted by atomic mass is 9.93. The molecule has 0 N–H and O–H groups in total. The quantitative estimate of drug-likeness (QED) is 0.173. The Morgan fingerprint density at radius 2 is 0.910 bits per heavy atom. The van der Waals surface area contributed by atoms with Crippen LogP contribution in [0.3, 0.4) is 0 Å². The van der Waals surface area contributed by atoms with Crippen LogP contribution in [0.2, 0.25) is 0 Å². The highest BCUT2D eigenvalue weighted by molar-refractivity contribution is 6.13. The maximum absolute atomic E-state index is 10.0. The molecule has 5 heterocycles. The van der Waals surface area contributed by atoms with Crippen molar-refractivity contribution < 1.29 is 0 Å². The first-order valence-corrected chi connectivity index (χ1v) is 22.9. The number of nitriles is 1. The molecule has 0 fully saturated rings. The Balaban J connectivity index is 1.02. The summed E-state index contributed by atoms with van der Waals surface area (Å²) in [6.07, 6.45) is 5.52. The van der Waals surface area contributed by atoms with Crippen molar-refractivity contribution in [1.29, 1.82) is 5.26 Å². The van der Waals surface area contributed by atoms with E-state index in [1.165, 1.54) is 60.3 Å². The lowest BCUT2D eigenvalue weighted by Crippen LogP contribution is -2.11. The zero-order valence-electron chi connectivity index (χ0n) is 36.5. The predicted molar refractivity (Wildman–Crippen MR) is 274 cm³/mol. The molecule has 0 saturated heterocycles. The minimum atomic E-state index is 0.223. The van der Waals surface area contributed by atoms with E-state index in [1.807, 2.05) is 24.3 Å². The van der Waals surface area contributed by atoms with E-state index in [9.17, 15) is 5.26 Å². The first-order chi connectivity index (χ1) is 33.1. The van der Waals surface area contributed by atoms with Gasteiger partial charge in [-0.2, -0.15) is 5.26 Å². The molecule has 7 heteroatoms. The van der Waals surface area contributed by atoms with E-state index in [4.69, 9.17) is 9.97 Å². The maximum Gasteiger partial charge on any atom is 0.163 e. The second kappa shape index (κ2) is 14.3. The average Bonchev–Trinajstić information content (AvgIpc) is 4.11. The van der Waals surface area contributed by atoms with Gasteiger partial charge in [-0.15, -0.1) is 0 Å². The van der Waals surface area contributed by atoms with Crippen LogP contribution < -0.4 is 0 Å². The molecule has 14 rings (SSSR count). The fourth-order valence-corrected chi connectivity index (χ4v) is 11.1. The number of para-hydroxylation sites is 5. The fraction of sp³-hybridized carbons (Fsp3) is 0.0500. The number of hydrogen-bond acceptors (Lipinski definition) is 3. The zero-order valence-corrected chi connectivity index (χ0v) is 36.5. The monoisotopic (exact) mass is 857 g/mol. The maximum atomic E-state index is 10.0. The van der Waals surface area contributed by atoms with Crippen LogP contribution in [-0.4, -0.2) is 28.2 Å². The Bertz CT molecular complexity index is 4190. The molecular formula is C60H39N7. The van der Waals surface area contributed by atoms with Crippen LogP contribution in [0.1, 0.15) is 36.1 Å². The largest absolute Gasteiger partial charge is 0.309 e. The molecule has 0 amide bonds. The molecule has 0 saturated carbocycles. The Hall–Kier alpha value is -8.99. The SMILES string of the molecule is C[C@@H]1CC=Cc2c1n(-c1cc(-n3c4ccccc4c4cc(-n5c6ccccc6c6ccccc65)ccc43)nc(-c3cccc(C#N)c3)n1)c1ccc(-n3c4ccccc4c4ccccc43)cc21. The Morgan fingerprint density at radius 3 is 1.46 bits per heavy atom. The van der Waals surface area contributed by atoms with Gasteiger partial charge in [-0.25, -0.2) is 9.97 Å². The van der Waals surface area contributed by atoms with Crippen molar-refractivity contribution in [3.05, 3.63) is 211 Å². The summed E-state index contributed by atoms with van der Waals surface area (Å²) in [6.45, 7) is 2.31. The molecule has 0 aliphatic heterocycles. The number of benzene rings is 8. The van der Waals surface area contributed by atoms with E-state index < -0.39 is 0 Å². The highest BCUT2D eigenvalue weighted by Crippen LogP contribution is 2.43. The summed E-state index contributed by atoms with van der Waals surface area (Å²) in [5, 5.41) is 18.4. The van der Waals surface area contributed by atoms with Gasteiger partial charge in [0.05, 0.1) is 50.2 Å². The van der Waals surface area contributed by atoms with E-state index in [0.717, 1.165) is 62.3 Å². The fourth-order valence-electron chi connectivity index (χ4n) is 11.1. The van der Waals surface area contributed by atoms with Crippen LogP contribution in [-0.2, 0) is 0 Å². The van der Waals surface area contributed by atoms with Gasteiger partial charge in [-0.3, -0.25) is 9.13 Å². The molecule has 5 aromatic heterocycles. The molecular weight excluding hydrogens is 819 g/mol. The second-order valence-electron chi connectivity index (χ2n) is 17.8. The third-order valence-electron chi connectivity index (χ3n) is 14.0. The number of rotatable bonds is 5.